The molecule has 2 heterocycles. The number of carbonyl (C=O) groups is 1. The maximum absolute atomic E-state index is 12.4. The number of benzene rings is 1. The van der Waals surface area contributed by atoms with Crippen molar-refractivity contribution < 1.29 is 32.5 Å². The van der Waals surface area contributed by atoms with Gasteiger partial charge in [0.2, 0.25) is 5.88 Å². The molecule has 0 bridgehead atoms. The van der Waals surface area contributed by atoms with Crippen LogP contribution >= 0.6 is 0 Å². The number of rotatable bonds is 4. The summed E-state index contributed by atoms with van der Waals surface area (Å²) >= 11 is 0. The highest BCUT2D eigenvalue weighted by atomic mass is 19.4. The van der Waals surface area contributed by atoms with Gasteiger partial charge in [0.15, 0.2) is 17.1 Å². The van der Waals surface area contributed by atoms with Gasteiger partial charge < -0.3 is 19.6 Å². The molecule has 0 aliphatic carbocycles. The number of H-pyrrole nitrogens is 1. The summed E-state index contributed by atoms with van der Waals surface area (Å²) in [6, 6.07) is 5.12. The topological polar surface area (TPSA) is 97.3 Å². The highest BCUT2D eigenvalue weighted by Crippen LogP contribution is 2.34. The van der Waals surface area contributed by atoms with Crippen molar-refractivity contribution in [2.24, 2.45) is 0 Å². The van der Waals surface area contributed by atoms with Gasteiger partial charge in [-0.3, -0.25) is 0 Å². The molecule has 2 N–H and O–H groups in total. The van der Waals surface area contributed by atoms with Gasteiger partial charge in [0.25, 0.3) is 0 Å². The van der Waals surface area contributed by atoms with Gasteiger partial charge >= 0.3 is 12.3 Å². The quantitative estimate of drug-likeness (QED) is 0.756. The van der Waals surface area contributed by atoms with Crippen LogP contribution in [0.5, 0.6) is 17.4 Å². The molecule has 0 spiro atoms. The molecular formula is C14H8F3N3O4. The number of aromatic amines is 1. The Balaban J connectivity index is 1.96. The fraction of sp³-hybridized carbons (Fsp3) is 0.0714. The molecule has 0 atom stereocenters. The van der Waals surface area contributed by atoms with E-state index in [4.69, 9.17) is 9.84 Å². The maximum Gasteiger partial charge on any atom is 0.573 e. The minimum Gasteiger partial charge on any atom is -0.478 e. The number of hydrogen-bond acceptors (Lipinski definition) is 5. The van der Waals surface area contributed by atoms with Crippen LogP contribution < -0.4 is 9.47 Å². The third-order valence-electron chi connectivity index (χ3n) is 2.88. The Kier molecular flexibility index (Phi) is 3.72. The highest BCUT2D eigenvalue weighted by Gasteiger charge is 2.32. The van der Waals surface area contributed by atoms with E-state index < -0.39 is 18.1 Å². The van der Waals surface area contributed by atoms with Crippen LogP contribution in [0.1, 0.15) is 10.4 Å². The molecule has 1 aromatic carbocycles. The number of carboxylic acid groups (broad SMARTS) is 1. The number of nitrogens with zero attached hydrogens (tertiary/aromatic N) is 2. The molecule has 0 fully saturated rings. The number of halogens is 3. The summed E-state index contributed by atoms with van der Waals surface area (Å²) in [6.07, 6.45) is -2.53. The lowest BCUT2D eigenvalue weighted by atomic mass is 10.3. The first-order valence-electron chi connectivity index (χ1n) is 6.43. The van der Waals surface area contributed by atoms with Crippen LogP contribution in [0.15, 0.2) is 36.7 Å². The zero-order valence-corrected chi connectivity index (χ0v) is 11.7. The Morgan fingerprint density at radius 1 is 1.21 bits per heavy atom. The Morgan fingerprint density at radius 3 is 2.58 bits per heavy atom. The predicted octanol–water partition coefficient (Wildman–Crippen LogP) is 3.35. The number of alkyl halides is 3. The van der Waals surface area contributed by atoms with E-state index in [1.54, 1.807) is 0 Å². The summed E-state index contributed by atoms with van der Waals surface area (Å²) in [4.78, 5) is 21.6. The molecule has 0 amide bonds. The standard InChI is InChI=1S/C14H8F3N3O4/c15-14(16,17)24-9-4-2-1-3-8(9)23-10-6-19-12-11(20-10)7(5-18-12)13(21)22/h1-6H,(H,18,19)(H,21,22). The predicted molar refractivity (Wildman–Crippen MR) is 74.0 cm³/mol. The molecule has 124 valence electrons. The first-order chi connectivity index (χ1) is 11.3. The van der Waals surface area contributed by atoms with Crippen LogP contribution in [-0.2, 0) is 0 Å². The summed E-state index contributed by atoms with van der Waals surface area (Å²) in [5, 5.41) is 9.05. The summed E-state index contributed by atoms with van der Waals surface area (Å²) in [6.45, 7) is 0. The number of aromatic carboxylic acids is 1. The van der Waals surface area contributed by atoms with Crippen molar-refractivity contribution in [2.45, 2.75) is 6.36 Å². The highest BCUT2D eigenvalue weighted by molar-refractivity contribution is 6.00. The van der Waals surface area contributed by atoms with Crippen molar-refractivity contribution in [3.05, 3.63) is 42.2 Å². The number of para-hydroxylation sites is 2. The van der Waals surface area contributed by atoms with E-state index in [0.29, 0.717) is 0 Å². The molecule has 0 radical (unpaired) electrons. The molecule has 10 heteroatoms. The molecule has 24 heavy (non-hydrogen) atoms. The second-order valence-electron chi connectivity index (χ2n) is 4.51. The van der Waals surface area contributed by atoms with Crippen molar-refractivity contribution in [1.82, 2.24) is 15.0 Å². The van der Waals surface area contributed by atoms with E-state index >= 15 is 0 Å². The largest absolute Gasteiger partial charge is 0.573 e. The average molecular weight is 339 g/mol. The molecule has 0 aliphatic rings. The van der Waals surface area contributed by atoms with E-state index in [0.717, 1.165) is 12.3 Å². The normalized spacial score (nSPS) is 11.5. The van der Waals surface area contributed by atoms with Crippen molar-refractivity contribution in [1.29, 1.82) is 0 Å². The van der Waals surface area contributed by atoms with Crippen molar-refractivity contribution in [2.75, 3.05) is 0 Å². The van der Waals surface area contributed by atoms with Gasteiger partial charge in [0.05, 0.1) is 6.20 Å². The third-order valence-corrected chi connectivity index (χ3v) is 2.88. The van der Waals surface area contributed by atoms with Crippen molar-refractivity contribution in [3.8, 4) is 17.4 Å². The average Bonchev–Trinajstić information content (AvgIpc) is 2.91. The molecule has 0 saturated heterocycles. The molecule has 3 aromatic rings. The van der Waals surface area contributed by atoms with E-state index in [1.807, 2.05) is 0 Å². The summed E-state index contributed by atoms with van der Waals surface area (Å²) in [5.74, 6) is -2.20. The number of carboxylic acids is 1. The summed E-state index contributed by atoms with van der Waals surface area (Å²) in [7, 11) is 0. The van der Waals surface area contributed by atoms with Crippen LogP contribution in [0, 0.1) is 0 Å². The lowest BCUT2D eigenvalue weighted by molar-refractivity contribution is -0.275. The fourth-order valence-corrected chi connectivity index (χ4v) is 1.94. The Hall–Kier alpha value is -3.30. The molecule has 7 nitrogen and oxygen atoms in total. The minimum absolute atomic E-state index is 0.0224. The van der Waals surface area contributed by atoms with Crippen LogP contribution in [0.25, 0.3) is 11.2 Å². The van der Waals surface area contributed by atoms with Crippen LogP contribution in [0.4, 0.5) is 13.2 Å². The van der Waals surface area contributed by atoms with Crippen LogP contribution in [0.3, 0.4) is 0 Å². The molecular weight excluding hydrogens is 331 g/mol. The van der Waals surface area contributed by atoms with Gasteiger partial charge in [-0.05, 0) is 12.1 Å². The van der Waals surface area contributed by atoms with Gasteiger partial charge in [-0.25, -0.2) is 14.8 Å². The number of aromatic nitrogens is 3. The van der Waals surface area contributed by atoms with Crippen molar-refractivity contribution >= 4 is 17.1 Å². The van der Waals surface area contributed by atoms with Gasteiger partial charge in [-0.15, -0.1) is 13.2 Å². The lowest BCUT2D eigenvalue weighted by Gasteiger charge is -2.13. The second kappa shape index (κ2) is 5.72. The summed E-state index contributed by atoms with van der Waals surface area (Å²) < 4.78 is 46.3. The van der Waals surface area contributed by atoms with Gasteiger partial charge in [0, 0.05) is 6.20 Å². The smallest absolute Gasteiger partial charge is 0.478 e. The lowest BCUT2D eigenvalue weighted by Crippen LogP contribution is -2.17. The van der Waals surface area contributed by atoms with Crippen molar-refractivity contribution in [3.63, 3.8) is 0 Å². The molecule has 0 unspecified atom stereocenters. The van der Waals surface area contributed by atoms with E-state index in [2.05, 4.69) is 19.7 Å². The monoisotopic (exact) mass is 339 g/mol. The molecule has 0 aliphatic heterocycles. The van der Waals surface area contributed by atoms with Gasteiger partial charge in [-0.2, -0.15) is 0 Å². The number of fused-ring (bicyclic) bond motifs is 1. The Bertz CT molecular complexity index is 908. The summed E-state index contributed by atoms with van der Waals surface area (Å²) in [5.41, 5.74) is 0.0941. The zero-order valence-electron chi connectivity index (χ0n) is 11.7. The Labute approximate surface area is 131 Å². The van der Waals surface area contributed by atoms with E-state index in [1.165, 1.54) is 24.4 Å². The molecule has 3 rings (SSSR count). The zero-order chi connectivity index (χ0) is 17.3. The second-order valence-corrected chi connectivity index (χ2v) is 4.51. The van der Waals surface area contributed by atoms with Crippen LogP contribution in [0.2, 0.25) is 0 Å². The molecule has 2 aromatic heterocycles. The minimum atomic E-state index is -4.88. The maximum atomic E-state index is 12.4. The Morgan fingerprint density at radius 2 is 1.92 bits per heavy atom. The number of nitrogens with one attached hydrogen (secondary N) is 1. The van der Waals surface area contributed by atoms with Gasteiger partial charge in [-0.1, -0.05) is 12.1 Å². The molecule has 0 saturated carbocycles. The number of ether oxygens (including phenoxy) is 2. The van der Waals surface area contributed by atoms with E-state index in [9.17, 15) is 18.0 Å². The van der Waals surface area contributed by atoms with Gasteiger partial charge in [0.1, 0.15) is 11.1 Å². The third kappa shape index (κ3) is 3.21. The van der Waals surface area contributed by atoms with Crippen LogP contribution in [-0.4, -0.2) is 32.4 Å². The van der Waals surface area contributed by atoms with E-state index in [-0.39, 0.29) is 28.4 Å². The first kappa shape index (κ1) is 15.6. The first-order valence-corrected chi connectivity index (χ1v) is 6.43. The number of hydrogen-bond donors (Lipinski definition) is 2. The fourth-order valence-electron chi connectivity index (χ4n) is 1.94. The SMILES string of the molecule is O=C(O)c1c[nH]c2ncc(Oc3ccccc3OC(F)(F)F)nc12.